The van der Waals surface area contributed by atoms with Crippen LogP contribution in [0.15, 0.2) is 30.3 Å². The smallest absolute Gasteiger partial charge is 0.234 e. The summed E-state index contributed by atoms with van der Waals surface area (Å²) in [5.74, 6) is 0.0719. The molecule has 1 aliphatic rings. The first kappa shape index (κ1) is 15.0. The van der Waals surface area contributed by atoms with Gasteiger partial charge >= 0.3 is 0 Å². The third kappa shape index (κ3) is 4.32. The minimum Gasteiger partial charge on any atom is -0.373 e. The highest BCUT2D eigenvalue weighted by atomic mass is 16.5. The quantitative estimate of drug-likeness (QED) is 0.914. The summed E-state index contributed by atoms with van der Waals surface area (Å²) in [4.78, 5) is 14.3. The lowest BCUT2D eigenvalue weighted by Crippen LogP contribution is -2.49. The predicted molar refractivity (Wildman–Crippen MR) is 79.4 cm³/mol. The molecule has 3 atom stereocenters. The highest BCUT2D eigenvalue weighted by Gasteiger charge is 2.24. The number of benzene rings is 1. The Kier molecular flexibility index (Phi) is 5.15. The molecule has 1 fully saturated rings. The summed E-state index contributed by atoms with van der Waals surface area (Å²) in [6, 6.07) is 10.1. The van der Waals surface area contributed by atoms with Crippen molar-refractivity contribution in [3.63, 3.8) is 0 Å². The van der Waals surface area contributed by atoms with E-state index >= 15 is 0 Å². The lowest BCUT2D eigenvalue weighted by Gasteiger charge is -2.35. The largest absolute Gasteiger partial charge is 0.373 e. The molecule has 1 aliphatic heterocycles. The second-order valence-electron chi connectivity index (χ2n) is 5.65. The van der Waals surface area contributed by atoms with Crippen molar-refractivity contribution in [1.82, 2.24) is 10.2 Å². The van der Waals surface area contributed by atoms with Gasteiger partial charge in [-0.15, -0.1) is 0 Å². The van der Waals surface area contributed by atoms with Crippen LogP contribution in [-0.4, -0.2) is 42.6 Å². The van der Waals surface area contributed by atoms with E-state index in [0.717, 1.165) is 18.7 Å². The van der Waals surface area contributed by atoms with E-state index in [2.05, 4.69) is 10.2 Å². The number of hydrogen-bond acceptors (Lipinski definition) is 3. The van der Waals surface area contributed by atoms with Crippen LogP contribution in [0.25, 0.3) is 0 Å². The van der Waals surface area contributed by atoms with Crippen molar-refractivity contribution in [2.45, 2.75) is 39.0 Å². The van der Waals surface area contributed by atoms with Crippen molar-refractivity contribution >= 4 is 5.91 Å². The standard InChI is InChI=1S/C16H24N2O2/c1-12-9-18(10-13(2)20-12)11-16(19)17-14(3)15-7-5-4-6-8-15/h4-8,12-14H,9-11H2,1-3H3,(H,17,19)/t12-,13-,14+/m1/s1. The first-order chi connectivity index (χ1) is 9.54. The predicted octanol–water partition coefficient (Wildman–Crippen LogP) is 1.97. The number of hydrogen-bond donors (Lipinski definition) is 1. The molecule has 1 aromatic carbocycles. The van der Waals surface area contributed by atoms with Gasteiger partial charge in [0, 0.05) is 13.1 Å². The summed E-state index contributed by atoms with van der Waals surface area (Å²) in [7, 11) is 0. The van der Waals surface area contributed by atoms with Crippen LogP contribution in [0.3, 0.4) is 0 Å². The second-order valence-corrected chi connectivity index (χ2v) is 5.65. The fourth-order valence-electron chi connectivity index (χ4n) is 2.73. The molecule has 2 rings (SSSR count). The number of nitrogens with zero attached hydrogens (tertiary/aromatic N) is 1. The Bertz CT molecular complexity index is 425. The first-order valence-corrected chi connectivity index (χ1v) is 7.26. The molecular weight excluding hydrogens is 252 g/mol. The SMILES string of the molecule is C[C@@H]1CN(CC(=O)N[C@@H](C)c2ccccc2)C[C@@H](C)O1. The maximum absolute atomic E-state index is 12.1. The number of amides is 1. The van der Waals surface area contributed by atoms with E-state index in [1.165, 1.54) is 0 Å². The Morgan fingerprint density at radius 1 is 1.30 bits per heavy atom. The van der Waals surface area contributed by atoms with Gasteiger partial charge in [-0.25, -0.2) is 0 Å². The molecule has 0 spiro atoms. The maximum atomic E-state index is 12.1. The molecule has 0 aromatic heterocycles. The van der Waals surface area contributed by atoms with Crippen LogP contribution in [0, 0.1) is 0 Å². The molecule has 1 saturated heterocycles. The van der Waals surface area contributed by atoms with Gasteiger partial charge in [-0.1, -0.05) is 30.3 Å². The van der Waals surface area contributed by atoms with Gasteiger partial charge in [0.15, 0.2) is 0 Å². The van der Waals surface area contributed by atoms with Crippen LogP contribution in [0.1, 0.15) is 32.4 Å². The van der Waals surface area contributed by atoms with Gasteiger partial charge in [-0.2, -0.15) is 0 Å². The fourth-order valence-corrected chi connectivity index (χ4v) is 2.73. The number of nitrogens with one attached hydrogen (secondary N) is 1. The summed E-state index contributed by atoms with van der Waals surface area (Å²) in [6.45, 7) is 8.18. The third-order valence-corrected chi connectivity index (χ3v) is 3.54. The summed E-state index contributed by atoms with van der Waals surface area (Å²) in [5, 5.41) is 3.05. The fraction of sp³-hybridized carbons (Fsp3) is 0.562. The van der Waals surface area contributed by atoms with Crippen LogP contribution in [-0.2, 0) is 9.53 Å². The highest BCUT2D eigenvalue weighted by Crippen LogP contribution is 2.12. The topological polar surface area (TPSA) is 41.6 Å². The summed E-state index contributed by atoms with van der Waals surface area (Å²) in [6.07, 6.45) is 0.385. The molecular formula is C16H24N2O2. The van der Waals surface area contributed by atoms with E-state index < -0.39 is 0 Å². The first-order valence-electron chi connectivity index (χ1n) is 7.26. The van der Waals surface area contributed by atoms with Gasteiger partial charge in [0.05, 0.1) is 24.8 Å². The lowest BCUT2D eigenvalue weighted by molar-refractivity contribution is -0.126. The number of carbonyl (C=O) groups excluding carboxylic acids is 1. The molecule has 1 aromatic rings. The summed E-state index contributed by atoms with van der Waals surface area (Å²) in [5.41, 5.74) is 1.13. The van der Waals surface area contributed by atoms with E-state index in [1.807, 2.05) is 51.1 Å². The van der Waals surface area contributed by atoms with E-state index in [-0.39, 0.29) is 24.2 Å². The molecule has 1 N–H and O–H groups in total. The molecule has 1 amide bonds. The van der Waals surface area contributed by atoms with Crippen LogP contribution >= 0.6 is 0 Å². The average molecular weight is 276 g/mol. The molecule has 0 radical (unpaired) electrons. The average Bonchev–Trinajstić information content (AvgIpc) is 2.38. The van der Waals surface area contributed by atoms with Crippen LogP contribution in [0.2, 0.25) is 0 Å². The Balaban J connectivity index is 1.83. The van der Waals surface area contributed by atoms with Crippen molar-refractivity contribution in [1.29, 1.82) is 0 Å². The van der Waals surface area contributed by atoms with Crippen molar-refractivity contribution in [3.8, 4) is 0 Å². The lowest BCUT2D eigenvalue weighted by atomic mass is 10.1. The zero-order valence-corrected chi connectivity index (χ0v) is 12.5. The molecule has 0 bridgehead atoms. The molecule has 0 aliphatic carbocycles. The Labute approximate surface area is 121 Å². The van der Waals surface area contributed by atoms with Crippen molar-refractivity contribution in [2.75, 3.05) is 19.6 Å². The molecule has 0 saturated carbocycles. The Morgan fingerprint density at radius 2 is 1.90 bits per heavy atom. The van der Waals surface area contributed by atoms with E-state index in [1.54, 1.807) is 0 Å². The van der Waals surface area contributed by atoms with Gasteiger partial charge in [-0.05, 0) is 26.3 Å². The normalized spacial score (nSPS) is 25.1. The third-order valence-electron chi connectivity index (χ3n) is 3.54. The van der Waals surface area contributed by atoms with Crippen molar-refractivity contribution < 1.29 is 9.53 Å². The molecule has 0 unspecified atom stereocenters. The summed E-state index contributed by atoms with van der Waals surface area (Å²) >= 11 is 0. The zero-order valence-electron chi connectivity index (χ0n) is 12.5. The number of carbonyl (C=O) groups is 1. The van der Waals surface area contributed by atoms with E-state index in [4.69, 9.17) is 4.74 Å². The molecule has 4 nitrogen and oxygen atoms in total. The van der Waals surface area contributed by atoms with Crippen molar-refractivity contribution in [3.05, 3.63) is 35.9 Å². The monoisotopic (exact) mass is 276 g/mol. The molecule has 4 heteroatoms. The second kappa shape index (κ2) is 6.86. The number of rotatable bonds is 4. The molecule has 1 heterocycles. The van der Waals surface area contributed by atoms with Crippen molar-refractivity contribution in [2.24, 2.45) is 0 Å². The van der Waals surface area contributed by atoms with E-state index in [9.17, 15) is 4.79 Å². The minimum atomic E-state index is 0.0413. The number of ether oxygens (including phenoxy) is 1. The Hall–Kier alpha value is -1.39. The summed E-state index contributed by atoms with van der Waals surface area (Å²) < 4.78 is 5.67. The van der Waals surface area contributed by atoms with Gasteiger partial charge in [0.2, 0.25) is 5.91 Å². The Morgan fingerprint density at radius 3 is 2.50 bits per heavy atom. The van der Waals surface area contributed by atoms with Gasteiger partial charge in [0.25, 0.3) is 0 Å². The van der Waals surface area contributed by atoms with Gasteiger partial charge < -0.3 is 10.1 Å². The zero-order chi connectivity index (χ0) is 14.5. The van der Waals surface area contributed by atoms with Crippen LogP contribution < -0.4 is 5.32 Å². The molecule has 20 heavy (non-hydrogen) atoms. The van der Waals surface area contributed by atoms with Gasteiger partial charge in [0.1, 0.15) is 0 Å². The molecule has 110 valence electrons. The van der Waals surface area contributed by atoms with Gasteiger partial charge in [-0.3, -0.25) is 9.69 Å². The van der Waals surface area contributed by atoms with E-state index in [0.29, 0.717) is 6.54 Å². The highest BCUT2D eigenvalue weighted by molar-refractivity contribution is 5.78. The van der Waals surface area contributed by atoms with Crippen LogP contribution in [0.4, 0.5) is 0 Å². The maximum Gasteiger partial charge on any atom is 0.234 e. The van der Waals surface area contributed by atoms with Crippen LogP contribution in [0.5, 0.6) is 0 Å². The minimum absolute atomic E-state index is 0.0413. The number of morpholine rings is 1.